The van der Waals surface area contributed by atoms with Crippen molar-refractivity contribution in [1.82, 2.24) is 15.2 Å². The summed E-state index contributed by atoms with van der Waals surface area (Å²) >= 11 is 7.41. The van der Waals surface area contributed by atoms with Crippen LogP contribution in [-0.4, -0.2) is 47.9 Å². The molecule has 0 spiro atoms. The van der Waals surface area contributed by atoms with Crippen LogP contribution in [0.3, 0.4) is 0 Å². The number of nitrogens with zero attached hydrogens (tertiary/aromatic N) is 2. The SMILES string of the molecule is CNC1CCC(N(Cc2cc(-c3ccnc(C(N)=O)c3)ccc2OC)C(=O)c2sc3c(F)ccc(F)c3c2Cl)CC1.Cl.Cl. The molecule has 230 valence electrons. The fourth-order valence-corrected chi connectivity index (χ4v) is 6.92. The van der Waals surface area contributed by atoms with E-state index in [1.807, 2.05) is 19.2 Å². The van der Waals surface area contributed by atoms with Gasteiger partial charge in [0, 0.05) is 30.4 Å². The number of carbonyl (C=O) groups excluding carboxylic acids is 2. The zero-order chi connectivity index (χ0) is 29.3. The lowest BCUT2D eigenvalue weighted by molar-refractivity contribution is 0.0604. The first-order valence-electron chi connectivity index (χ1n) is 13.2. The maximum absolute atomic E-state index is 14.6. The molecule has 43 heavy (non-hydrogen) atoms. The van der Waals surface area contributed by atoms with Crippen molar-refractivity contribution in [2.75, 3.05) is 14.2 Å². The molecule has 3 N–H and O–H groups in total. The van der Waals surface area contributed by atoms with Crippen LogP contribution < -0.4 is 15.8 Å². The first-order chi connectivity index (χ1) is 19.7. The number of aromatic nitrogens is 1. The van der Waals surface area contributed by atoms with Crippen LogP contribution in [0, 0.1) is 11.6 Å². The number of hydrogen-bond acceptors (Lipinski definition) is 6. The number of thiophene rings is 1. The second-order valence-electron chi connectivity index (χ2n) is 10.0. The molecule has 1 aliphatic carbocycles. The van der Waals surface area contributed by atoms with E-state index >= 15 is 0 Å². The van der Waals surface area contributed by atoms with Gasteiger partial charge in [0.25, 0.3) is 11.8 Å². The molecule has 2 heterocycles. The van der Waals surface area contributed by atoms with Crippen molar-refractivity contribution >= 4 is 69.7 Å². The largest absolute Gasteiger partial charge is 0.496 e. The highest BCUT2D eigenvalue weighted by molar-refractivity contribution is 7.21. The Kier molecular flexibility index (Phi) is 11.7. The van der Waals surface area contributed by atoms with E-state index in [0.29, 0.717) is 11.8 Å². The van der Waals surface area contributed by atoms with Crippen LogP contribution in [0.25, 0.3) is 21.2 Å². The Balaban J connectivity index is 0.00000253. The van der Waals surface area contributed by atoms with Crippen LogP contribution in [0.2, 0.25) is 5.02 Å². The number of primary amides is 1. The first-order valence-corrected chi connectivity index (χ1v) is 14.4. The Morgan fingerprint density at radius 1 is 1.07 bits per heavy atom. The maximum Gasteiger partial charge on any atom is 0.267 e. The van der Waals surface area contributed by atoms with E-state index in [1.165, 1.54) is 6.20 Å². The molecule has 0 bridgehead atoms. The summed E-state index contributed by atoms with van der Waals surface area (Å²) in [6.07, 6.45) is 4.75. The monoisotopic (exact) mass is 670 g/mol. The zero-order valence-electron chi connectivity index (χ0n) is 23.4. The highest BCUT2D eigenvalue weighted by Crippen LogP contribution is 2.40. The number of halogens is 5. The van der Waals surface area contributed by atoms with E-state index in [-0.39, 0.29) is 63.1 Å². The second-order valence-corrected chi connectivity index (χ2v) is 11.4. The number of amides is 2. The van der Waals surface area contributed by atoms with Gasteiger partial charge < -0.3 is 20.7 Å². The molecule has 5 rings (SSSR count). The molecular formula is C30H31Cl3F2N4O3S. The average molecular weight is 672 g/mol. The van der Waals surface area contributed by atoms with Crippen LogP contribution in [0.4, 0.5) is 8.78 Å². The Bertz CT molecular complexity index is 1630. The summed E-state index contributed by atoms with van der Waals surface area (Å²) in [7, 11) is 3.47. The van der Waals surface area contributed by atoms with E-state index in [1.54, 1.807) is 30.2 Å². The van der Waals surface area contributed by atoms with Gasteiger partial charge in [0.05, 0.1) is 22.2 Å². The van der Waals surface area contributed by atoms with Crippen LogP contribution >= 0.6 is 47.8 Å². The number of nitrogens with two attached hydrogens (primary N) is 1. The summed E-state index contributed by atoms with van der Waals surface area (Å²) in [5, 5.41) is 3.14. The minimum atomic E-state index is -0.676. The first kappa shape index (κ1) is 34.5. The lowest BCUT2D eigenvalue weighted by Gasteiger charge is -2.37. The normalized spacial score (nSPS) is 16.2. The number of carbonyl (C=O) groups is 2. The Labute approximate surface area is 269 Å². The fourth-order valence-electron chi connectivity index (χ4n) is 5.42. The summed E-state index contributed by atoms with van der Waals surface area (Å²) in [5.41, 5.74) is 7.79. The van der Waals surface area contributed by atoms with Crippen molar-refractivity contribution in [2.24, 2.45) is 5.73 Å². The summed E-state index contributed by atoms with van der Waals surface area (Å²) in [6.45, 7) is 0.175. The van der Waals surface area contributed by atoms with Crippen molar-refractivity contribution in [3.63, 3.8) is 0 Å². The van der Waals surface area contributed by atoms with Crippen molar-refractivity contribution in [2.45, 2.75) is 44.3 Å². The van der Waals surface area contributed by atoms with Gasteiger partial charge in [0.15, 0.2) is 0 Å². The standard InChI is InChI=1S/C30H29ClF2N4O3S.2ClH/c1-35-19-4-6-20(7-5-19)37(30(39)28-26(31)25-21(32)8-9-22(33)27(25)41-28)15-18-13-16(3-10-24(18)40-2)17-11-12-36-23(14-17)29(34)38;;/h3,8-14,19-20,35H,4-7,15H2,1-2H3,(H2,34,38);2*1H. The van der Waals surface area contributed by atoms with Gasteiger partial charge in [-0.3, -0.25) is 14.6 Å². The molecule has 13 heteroatoms. The van der Waals surface area contributed by atoms with Gasteiger partial charge in [0.2, 0.25) is 0 Å². The predicted molar refractivity (Wildman–Crippen MR) is 171 cm³/mol. The molecule has 1 saturated carbocycles. The Morgan fingerprint density at radius 3 is 2.37 bits per heavy atom. The number of hydrogen-bond donors (Lipinski definition) is 2. The second kappa shape index (κ2) is 14.6. The zero-order valence-corrected chi connectivity index (χ0v) is 26.6. The number of benzene rings is 2. The molecule has 0 unspecified atom stereocenters. The third kappa shape index (κ3) is 7.05. The van der Waals surface area contributed by atoms with Gasteiger partial charge in [-0.1, -0.05) is 17.7 Å². The smallest absolute Gasteiger partial charge is 0.267 e. The van der Waals surface area contributed by atoms with Crippen LogP contribution in [0.1, 0.15) is 51.4 Å². The quantitative estimate of drug-likeness (QED) is 0.210. The molecule has 2 aromatic heterocycles. The van der Waals surface area contributed by atoms with Crippen molar-refractivity contribution in [3.05, 3.63) is 81.5 Å². The van der Waals surface area contributed by atoms with Crippen LogP contribution in [0.15, 0.2) is 48.7 Å². The molecule has 0 radical (unpaired) electrons. The highest BCUT2D eigenvalue weighted by Gasteiger charge is 2.33. The summed E-state index contributed by atoms with van der Waals surface area (Å²) in [5.74, 6) is -1.77. The Hall–Kier alpha value is -3.02. The van der Waals surface area contributed by atoms with Gasteiger partial charge >= 0.3 is 0 Å². The lowest BCUT2D eigenvalue weighted by Crippen LogP contribution is -2.44. The number of methoxy groups -OCH3 is 1. The molecule has 0 atom stereocenters. The molecule has 1 fully saturated rings. The van der Waals surface area contributed by atoms with Gasteiger partial charge in [0.1, 0.15) is 28.0 Å². The van der Waals surface area contributed by atoms with Crippen molar-refractivity contribution in [3.8, 4) is 16.9 Å². The number of pyridine rings is 1. The third-order valence-corrected chi connectivity index (χ3v) is 9.33. The molecule has 0 saturated heterocycles. The van der Waals surface area contributed by atoms with Gasteiger partial charge in [-0.25, -0.2) is 8.78 Å². The molecule has 0 aliphatic heterocycles. The lowest BCUT2D eigenvalue weighted by atomic mass is 9.89. The van der Waals surface area contributed by atoms with Gasteiger partial charge in [-0.2, -0.15) is 0 Å². The third-order valence-electron chi connectivity index (χ3n) is 7.65. The summed E-state index contributed by atoms with van der Waals surface area (Å²) < 4.78 is 34.9. The summed E-state index contributed by atoms with van der Waals surface area (Å²) in [4.78, 5) is 31.7. The van der Waals surface area contributed by atoms with E-state index in [2.05, 4.69) is 10.3 Å². The molecular weight excluding hydrogens is 641 g/mol. The number of nitrogens with one attached hydrogen (secondary N) is 1. The van der Waals surface area contributed by atoms with Gasteiger partial charge in [-0.05, 0) is 80.3 Å². The van der Waals surface area contributed by atoms with Crippen LogP contribution in [0.5, 0.6) is 5.75 Å². The molecule has 7 nitrogen and oxygen atoms in total. The van der Waals surface area contributed by atoms with Gasteiger partial charge in [-0.15, -0.1) is 36.2 Å². The van der Waals surface area contributed by atoms with E-state index in [0.717, 1.165) is 65.8 Å². The molecule has 2 amide bonds. The number of fused-ring (bicyclic) bond motifs is 1. The molecule has 4 aromatic rings. The highest BCUT2D eigenvalue weighted by atomic mass is 35.5. The predicted octanol–water partition coefficient (Wildman–Crippen LogP) is 7.02. The minimum Gasteiger partial charge on any atom is -0.496 e. The minimum absolute atomic E-state index is 0. The number of rotatable bonds is 8. The van der Waals surface area contributed by atoms with Crippen molar-refractivity contribution in [1.29, 1.82) is 0 Å². The molecule has 1 aliphatic rings. The fraction of sp³-hybridized carbons (Fsp3) is 0.300. The average Bonchev–Trinajstić information content (AvgIpc) is 3.35. The summed E-state index contributed by atoms with van der Waals surface area (Å²) in [6, 6.07) is 11.2. The van der Waals surface area contributed by atoms with E-state index < -0.39 is 23.4 Å². The Morgan fingerprint density at radius 2 is 1.74 bits per heavy atom. The van der Waals surface area contributed by atoms with Crippen LogP contribution in [-0.2, 0) is 6.54 Å². The van der Waals surface area contributed by atoms with E-state index in [9.17, 15) is 18.4 Å². The maximum atomic E-state index is 14.6. The number of ether oxygens (including phenoxy) is 1. The van der Waals surface area contributed by atoms with E-state index in [4.69, 9.17) is 22.1 Å². The van der Waals surface area contributed by atoms with Crippen molar-refractivity contribution < 1.29 is 23.1 Å². The topological polar surface area (TPSA) is 97.6 Å². The molecule has 2 aromatic carbocycles.